The van der Waals surface area contributed by atoms with E-state index in [9.17, 15) is 15.2 Å². The average Bonchev–Trinajstić information content (AvgIpc) is 3.37. The van der Waals surface area contributed by atoms with Crippen molar-refractivity contribution in [3.05, 3.63) is 86.1 Å². The second kappa shape index (κ2) is 6.35. The zero-order valence-electron chi connectivity index (χ0n) is 14.6. The number of fused-ring (bicyclic) bond motifs is 3. The van der Waals surface area contributed by atoms with Crippen molar-refractivity contribution in [1.82, 2.24) is 5.01 Å². The van der Waals surface area contributed by atoms with Gasteiger partial charge in [-0.15, -0.1) is 11.3 Å². The molecule has 2 atom stereocenters. The number of hydrogen-bond acceptors (Lipinski definition) is 7. The van der Waals surface area contributed by atoms with E-state index in [0.29, 0.717) is 17.7 Å². The minimum absolute atomic E-state index is 0.0616. The highest BCUT2D eigenvalue weighted by Gasteiger charge is 2.42. The zero-order valence-corrected chi connectivity index (χ0v) is 15.4. The van der Waals surface area contributed by atoms with E-state index >= 15 is 0 Å². The van der Waals surface area contributed by atoms with Gasteiger partial charge in [-0.25, -0.2) is 5.01 Å². The van der Waals surface area contributed by atoms with Crippen LogP contribution < -0.4 is 4.74 Å². The molecule has 3 heterocycles. The number of phenolic OH excluding ortho intramolecular Hbond substituents is 1. The normalized spacial score (nSPS) is 20.1. The van der Waals surface area contributed by atoms with E-state index in [-0.39, 0.29) is 17.5 Å². The molecule has 0 bridgehead atoms. The van der Waals surface area contributed by atoms with Gasteiger partial charge in [0.2, 0.25) is 6.23 Å². The standard InChI is InChI=1S/C20H15N3O4S/c24-17-8-7-12(23(25)26)10-14(17)20-22-16(13-4-1-2-5-18(13)27-20)11-15(21-22)19-6-3-9-28-19/h1-10,16,20,24H,11H2/t16-,20-/m0/s1. The molecule has 28 heavy (non-hydrogen) atoms. The molecule has 1 N–H and O–H groups in total. The van der Waals surface area contributed by atoms with Crippen molar-refractivity contribution < 1.29 is 14.8 Å². The minimum Gasteiger partial charge on any atom is -0.507 e. The maximum absolute atomic E-state index is 11.2. The van der Waals surface area contributed by atoms with Crippen LogP contribution in [0.25, 0.3) is 0 Å². The highest BCUT2D eigenvalue weighted by atomic mass is 32.1. The van der Waals surface area contributed by atoms with Gasteiger partial charge in [0.15, 0.2) is 0 Å². The quantitative estimate of drug-likeness (QED) is 0.519. The van der Waals surface area contributed by atoms with Crippen LogP contribution in [0.5, 0.6) is 11.5 Å². The molecule has 0 saturated heterocycles. The summed E-state index contributed by atoms with van der Waals surface area (Å²) in [5, 5.41) is 30.2. The lowest BCUT2D eigenvalue weighted by atomic mass is 9.97. The van der Waals surface area contributed by atoms with Gasteiger partial charge in [-0.1, -0.05) is 24.3 Å². The van der Waals surface area contributed by atoms with Gasteiger partial charge in [0.05, 0.1) is 27.1 Å². The highest BCUT2D eigenvalue weighted by molar-refractivity contribution is 7.12. The van der Waals surface area contributed by atoms with Crippen molar-refractivity contribution in [2.75, 3.05) is 0 Å². The van der Waals surface area contributed by atoms with Gasteiger partial charge < -0.3 is 9.84 Å². The van der Waals surface area contributed by atoms with Crippen LogP contribution >= 0.6 is 11.3 Å². The molecule has 0 spiro atoms. The van der Waals surface area contributed by atoms with Crippen LogP contribution in [0, 0.1) is 10.1 Å². The first-order chi connectivity index (χ1) is 13.6. The Labute approximate surface area is 164 Å². The minimum atomic E-state index is -0.753. The molecular formula is C20H15N3O4S. The maximum Gasteiger partial charge on any atom is 0.270 e. The monoisotopic (exact) mass is 393 g/mol. The van der Waals surface area contributed by atoms with Crippen LogP contribution in [-0.4, -0.2) is 20.8 Å². The number of nitro groups is 1. The maximum atomic E-state index is 11.2. The molecule has 3 aromatic rings. The molecule has 5 rings (SSSR count). The van der Waals surface area contributed by atoms with E-state index in [1.165, 1.54) is 18.2 Å². The molecule has 0 unspecified atom stereocenters. The Bertz CT molecular complexity index is 1100. The lowest BCUT2D eigenvalue weighted by molar-refractivity contribution is -0.385. The van der Waals surface area contributed by atoms with Crippen LogP contribution in [0.15, 0.2) is 65.1 Å². The molecule has 0 aliphatic carbocycles. The van der Waals surface area contributed by atoms with Crippen molar-refractivity contribution in [2.45, 2.75) is 18.7 Å². The number of nitro benzene ring substituents is 1. The predicted molar refractivity (Wildman–Crippen MR) is 105 cm³/mol. The largest absolute Gasteiger partial charge is 0.507 e. The summed E-state index contributed by atoms with van der Waals surface area (Å²) in [6, 6.07) is 15.6. The zero-order chi connectivity index (χ0) is 19.3. The Balaban J connectivity index is 1.64. The molecule has 140 valence electrons. The van der Waals surface area contributed by atoms with E-state index in [1.54, 1.807) is 16.3 Å². The molecule has 0 saturated carbocycles. The molecule has 2 aliphatic rings. The number of ether oxygens (including phenoxy) is 1. The van der Waals surface area contributed by atoms with Crippen molar-refractivity contribution in [2.24, 2.45) is 5.10 Å². The molecule has 8 heteroatoms. The van der Waals surface area contributed by atoms with E-state index in [2.05, 4.69) is 0 Å². The summed E-state index contributed by atoms with van der Waals surface area (Å²) in [5.41, 5.74) is 2.17. The van der Waals surface area contributed by atoms with Gasteiger partial charge in [0.25, 0.3) is 5.69 Å². The molecular weight excluding hydrogens is 378 g/mol. The van der Waals surface area contributed by atoms with Gasteiger partial charge in [0.1, 0.15) is 11.5 Å². The van der Waals surface area contributed by atoms with Crippen LogP contribution in [0.3, 0.4) is 0 Å². The van der Waals surface area contributed by atoms with E-state index in [1.807, 2.05) is 41.8 Å². The van der Waals surface area contributed by atoms with E-state index in [0.717, 1.165) is 16.2 Å². The summed E-state index contributed by atoms with van der Waals surface area (Å²) in [5.74, 6) is 0.635. The number of thiophene rings is 1. The number of rotatable bonds is 3. The fourth-order valence-corrected chi connectivity index (χ4v) is 4.41. The van der Waals surface area contributed by atoms with E-state index < -0.39 is 11.2 Å². The van der Waals surface area contributed by atoms with Crippen molar-refractivity contribution in [3.8, 4) is 11.5 Å². The third-order valence-corrected chi connectivity index (χ3v) is 5.91. The lowest BCUT2D eigenvalue weighted by Crippen LogP contribution is -2.33. The van der Waals surface area contributed by atoms with E-state index in [4.69, 9.17) is 9.84 Å². The Morgan fingerprint density at radius 2 is 2.04 bits per heavy atom. The Kier molecular flexibility index (Phi) is 3.80. The first-order valence-electron chi connectivity index (χ1n) is 8.74. The lowest BCUT2D eigenvalue weighted by Gasteiger charge is -2.38. The fraction of sp³-hybridized carbons (Fsp3) is 0.150. The highest BCUT2D eigenvalue weighted by Crippen LogP contribution is 2.49. The van der Waals surface area contributed by atoms with Crippen LogP contribution in [0.1, 0.15) is 34.7 Å². The second-order valence-electron chi connectivity index (χ2n) is 6.63. The molecule has 0 radical (unpaired) electrons. The van der Waals surface area contributed by atoms with Gasteiger partial charge in [0, 0.05) is 24.1 Å². The van der Waals surface area contributed by atoms with Crippen molar-refractivity contribution in [3.63, 3.8) is 0 Å². The Morgan fingerprint density at radius 3 is 2.82 bits per heavy atom. The SMILES string of the molecule is O=[N+]([O-])c1ccc(O)c([C@@H]2Oc3ccccc3[C@@H]3CC(c4cccs4)=NN32)c1. The Morgan fingerprint density at radius 1 is 1.18 bits per heavy atom. The van der Waals surface area contributed by atoms with Crippen molar-refractivity contribution in [1.29, 1.82) is 0 Å². The number of nitrogens with zero attached hydrogens (tertiary/aromatic N) is 3. The fourth-order valence-electron chi connectivity index (χ4n) is 3.68. The van der Waals surface area contributed by atoms with Crippen molar-refractivity contribution >= 4 is 22.7 Å². The van der Waals surface area contributed by atoms with Crippen LogP contribution in [-0.2, 0) is 0 Å². The molecule has 2 aliphatic heterocycles. The third-order valence-electron chi connectivity index (χ3n) is 4.99. The summed E-state index contributed by atoms with van der Waals surface area (Å²) in [6.07, 6.45) is -0.0511. The topological polar surface area (TPSA) is 88.2 Å². The summed E-state index contributed by atoms with van der Waals surface area (Å²) in [6.45, 7) is 0. The number of para-hydroxylation sites is 1. The number of hydrogen-bond donors (Lipinski definition) is 1. The van der Waals surface area contributed by atoms with Gasteiger partial charge in [-0.05, 0) is 23.6 Å². The second-order valence-corrected chi connectivity index (χ2v) is 7.58. The number of non-ortho nitro benzene ring substituents is 1. The average molecular weight is 393 g/mol. The molecule has 0 fully saturated rings. The summed E-state index contributed by atoms with van der Waals surface area (Å²) in [4.78, 5) is 11.8. The van der Waals surface area contributed by atoms with Gasteiger partial charge in [-0.2, -0.15) is 5.10 Å². The predicted octanol–water partition coefficient (Wildman–Crippen LogP) is 4.60. The molecule has 2 aromatic carbocycles. The summed E-state index contributed by atoms with van der Waals surface area (Å²) in [7, 11) is 0. The first-order valence-corrected chi connectivity index (χ1v) is 9.62. The number of hydrazone groups is 1. The van der Waals surface area contributed by atoms with Gasteiger partial charge >= 0.3 is 0 Å². The molecule has 0 amide bonds. The number of benzene rings is 2. The van der Waals surface area contributed by atoms with Gasteiger partial charge in [-0.3, -0.25) is 10.1 Å². The number of aromatic hydroxyl groups is 1. The first kappa shape index (κ1) is 16.8. The smallest absolute Gasteiger partial charge is 0.270 e. The summed E-state index contributed by atoms with van der Waals surface area (Å²) < 4.78 is 6.15. The van der Waals surface area contributed by atoms with Crippen LogP contribution in [0.4, 0.5) is 5.69 Å². The summed E-state index contributed by atoms with van der Waals surface area (Å²) >= 11 is 1.62. The Hall–Kier alpha value is -3.39. The van der Waals surface area contributed by atoms with Crippen LogP contribution in [0.2, 0.25) is 0 Å². The molecule has 1 aromatic heterocycles. The third kappa shape index (κ3) is 2.61. The molecule has 7 nitrogen and oxygen atoms in total. The number of phenols is 1.